The van der Waals surface area contributed by atoms with Gasteiger partial charge in [0.15, 0.2) is 0 Å². The Balaban J connectivity index is 1.42. The van der Waals surface area contributed by atoms with Crippen molar-refractivity contribution in [3.05, 3.63) is 53.1 Å². The molecule has 9 heteroatoms. The second kappa shape index (κ2) is 7.42. The molecule has 3 N–H and O–H groups in total. The molecule has 1 saturated heterocycles. The highest BCUT2D eigenvalue weighted by atomic mass is 16.5. The fourth-order valence-electron chi connectivity index (χ4n) is 4.01. The molecule has 30 heavy (non-hydrogen) atoms. The number of anilines is 3. The zero-order chi connectivity index (χ0) is 20.7. The molecule has 5 heterocycles. The van der Waals surface area contributed by atoms with E-state index in [1.54, 1.807) is 6.07 Å². The van der Waals surface area contributed by atoms with Crippen LogP contribution in [0.4, 0.5) is 17.5 Å². The lowest BCUT2D eigenvalue weighted by atomic mass is 10.0. The van der Waals surface area contributed by atoms with Gasteiger partial charge in [0.05, 0.1) is 30.2 Å². The molecule has 0 unspecified atom stereocenters. The molecule has 0 atom stereocenters. The topological polar surface area (TPSA) is 111 Å². The van der Waals surface area contributed by atoms with E-state index in [2.05, 4.69) is 15.2 Å². The fourth-order valence-corrected chi connectivity index (χ4v) is 4.01. The van der Waals surface area contributed by atoms with Gasteiger partial charge in [-0.3, -0.25) is 4.79 Å². The Morgan fingerprint density at radius 3 is 2.77 bits per heavy atom. The highest BCUT2D eigenvalue weighted by molar-refractivity contribution is 5.94. The molecule has 3 aromatic heterocycles. The third-order valence-corrected chi connectivity index (χ3v) is 5.61. The molecule has 0 spiro atoms. The molecule has 1 fully saturated rings. The first kappa shape index (κ1) is 18.6. The molecule has 0 aromatic carbocycles. The molecule has 9 nitrogen and oxygen atoms in total. The van der Waals surface area contributed by atoms with Crippen molar-refractivity contribution in [2.75, 3.05) is 36.5 Å². The molecule has 154 valence electrons. The van der Waals surface area contributed by atoms with E-state index in [1.807, 2.05) is 36.0 Å². The predicted molar refractivity (Wildman–Crippen MR) is 113 cm³/mol. The highest BCUT2D eigenvalue weighted by Gasteiger charge is 2.23. The molecular weight excluding hydrogens is 382 g/mol. The standard InChI is InChI=1S/C21H23N7O2/c1-13-16(3-5-18(24-13)27-8-10-30-11-9-27)25-21-23-12-14-2-4-17-15(19(22)29)6-7-28(17)20(14)26-21/h3,5-7,12H,2,4,8-11H2,1H3,(H2,22,29)(H,23,25,26). The van der Waals surface area contributed by atoms with Crippen LogP contribution in [0.15, 0.2) is 30.6 Å². The summed E-state index contributed by atoms with van der Waals surface area (Å²) in [7, 11) is 0. The smallest absolute Gasteiger partial charge is 0.250 e. The van der Waals surface area contributed by atoms with Crippen molar-refractivity contribution in [3.8, 4) is 5.82 Å². The Morgan fingerprint density at radius 2 is 2.00 bits per heavy atom. The maximum absolute atomic E-state index is 11.7. The zero-order valence-corrected chi connectivity index (χ0v) is 16.8. The van der Waals surface area contributed by atoms with Gasteiger partial charge in [0.2, 0.25) is 5.95 Å². The monoisotopic (exact) mass is 405 g/mol. The predicted octanol–water partition coefficient (Wildman–Crippen LogP) is 1.75. The van der Waals surface area contributed by atoms with Crippen LogP contribution >= 0.6 is 0 Å². The number of primary amides is 1. The number of nitrogens with zero attached hydrogens (tertiary/aromatic N) is 5. The number of fused-ring (bicyclic) bond motifs is 3. The Bertz CT molecular complexity index is 1120. The van der Waals surface area contributed by atoms with Crippen molar-refractivity contribution < 1.29 is 9.53 Å². The molecule has 0 bridgehead atoms. The lowest BCUT2D eigenvalue weighted by Crippen LogP contribution is -2.36. The minimum absolute atomic E-state index is 0.415. The van der Waals surface area contributed by atoms with Gasteiger partial charge >= 0.3 is 0 Å². The third kappa shape index (κ3) is 3.26. The van der Waals surface area contributed by atoms with E-state index in [9.17, 15) is 4.79 Å². The fraction of sp³-hybridized carbons (Fsp3) is 0.333. The van der Waals surface area contributed by atoms with Crippen LogP contribution in [0.3, 0.4) is 0 Å². The average molecular weight is 405 g/mol. The van der Waals surface area contributed by atoms with Gasteiger partial charge in [0.1, 0.15) is 11.6 Å². The number of rotatable bonds is 4. The number of carbonyl (C=O) groups excluding carboxylic acids is 1. The summed E-state index contributed by atoms with van der Waals surface area (Å²) >= 11 is 0. The van der Waals surface area contributed by atoms with Crippen molar-refractivity contribution in [1.82, 2.24) is 19.5 Å². The maximum Gasteiger partial charge on any atom is 0.250 e. The van der Waals surface area contributed by atoms with E-state index in [4.69, 9.17) is 20.4 Å². The van der Waals surface area contributed by atoms with E-state index in [0.29, 0.717) is 11.5 Å². The number of aryl methyl sites for hydroxylation is 2. The number of amides is 1. The highest BCUT2D eigenvalue weighted by Crippen LogP contribution is 2.28. The summed E-state index contributed by atoms with van der Waals surface area (Å²) in [4.78, 5) is 27.8. The molecule has 0 aliphatic carbocycles. The number of nitrogens with two attached hydrogens (primary N) is 1. The van der Waals surface area contributed by atoms with Crippen LogP contribution in [0, 0.1) is 6.92 Å². The van der Waals surface area contributed by atoms with Gasteiger partial charge in [-0.15, -0.1) is 0 Å². The summed E-state index contributed by atoms with van der Waals surface area (Å²) in [5, 5.41) is 3.28. The Kier molecular flexibility index (Phi) is 4.59. The molecule has 2 aliphatic heterocycles. The molecule has 2 aliphatic rings. The third-order valence-electron chi connectivity index (χ3n) is 5.61. The van der Waals surface area contributed by atoms with Crippen LogP contribution in [0.1, 0.15) is 27.3 Å². The van der Waals surface area contributed by atoms with Crippen molar-refractivity contribution in [2.45, 2.75) is 19.8 Å². The first-order chi connectivity index (χ1) is 14.6. The second-order valence-electron chi connectivity index (χ2n) is 7.48. The molecule has 1 amide bonds. The minimum Gasteiger partial charge on any atom is -0.378 e. The molecule has 5 rings (SSSR count). The van der Waals surface area contributed by atoms with Gasteiger partial charge in [-0.2, -0.15) is 4.98 Å². The summed E-state index contributed by atoms with van der Waals surface area (Å²) in [6, 6.07) is 5.75. The number of carbonyl (C=O) groups is 1. The SMILES string of the molecule is Cc1nc(N2CCOCC2)ccc1Nc1ncc2c(n1)-n1ccc(C(N)=O)c1CC2. The van der Waals surface area contributed by atoms with Gasteiger partial charge in [-0.25, -0.2) is 9.97 Å². The summed E-state index contributed by atoms with van der Waals surface area (Å²) in [6.45, 7) is 5.11. The Morgan fingerprint density at radius 1 is 1.17 bits per heavy atom. The number of nitrogens with one attached hydrogen (secondary N) is 1. The number of pyridine rings is 1. The van der Waals surface area contributed by atoms with Crippen LogP contribution in [0.5, 0.6) is 0 Å². The van der Waals surface area contributed by atoms with E-state index in [-0.39, 0.29) is 0 Å². The van der Waals surface area contributed by atoms with Crippen LogP contribution in [0.25, 0.3) is 5.82 Å². The molecule has 0 radical (unpaired) electrons. The van der Waals surface area contributed by atoms with Crippen LogP contribution < -0.4 is 16.0 Å². The quantitative estimate of drug-likeness (QED) is 0.680. The second-order valence-corrected chi connectivity index (χ2v) is 7.48. The number of aromatic nitrogens is 4. The summed E-state index contributed by atoms with van der Waals surface area (Å²) in [6.07, 6.45) is 5.19. The lowest BCUT2D eigenvalue weighted by Gasteiger charge is -2.28. The molecule has 0 saturated carbocycles. The van der Waals surface area contributed by atoms with Crippen LogP contribution in [0.2, 0.25) is 0 Å². The number of hydrogen-bond acceptors (Lipinski definition) is 7. The number of ether oxygens (including phenoxy) is 1. The number of morpholine rings is 1. The maximum atomic E-state index is 11.7. The van der Waals surface area contributed by atoms with E-state index in [1.165, 1.54) is 0 Å². The first-order valence-corrected chi connectivity index (χ1v) is 10.0. The summed E-state index contributed by atoms with van der Waals surface area (Å²) in [5.41, 5.74) is 9.71. The van der Waals surface area contributed by atoms with Crippen molar-refractivity contribution in [3.63, 3.8) is 0 Å². The summed E-state index contributed by atoms with van der Waals surface area (Å²) < 4.78 is 7.34. The minimum atomic E-state index is -0.415. The molecular formula is C21H23N7O2. The van der Waals surface area contributed by atoms with E-state index in [0.717, 1.165) is 73.4 Å². The lowest BCUT2D eigenvalue weighted by molar-refractivity contribution is 0.0999. The van der Waals surface area contributed by atoms with Gasteiger partial charge in [-0.1, -0.05) is 0 Å². The van der Waals surface area contributed by atoms with E-state index < -0.39 is 5.91 Å². The first-order valence-electron chi connectivity index (χ1n) is 10.0. The van der Waals surface area contributed by atoms with Crippen molar-refractivity contribution >= 4 is 23.4 Å². The van der Waals surface area contributed by atoms with Crippen LogP contribution in [-0.4, -0.2) is 51.7 Å². The Labute approximate surface area is 173 Å². The van der Waals surface area contributed by atoms with Gasteiger partial charge in [0.25, 0.3) is 5.91 Å². The Hall–Kier alpha value is -3.46. The molecule has 3 aromatic rings. The van der Waals surface area contributed by atoms with E-state index >= 15 is 0 Å². The van der Waals surface area contributed by atoms with Gasteiger partial charge in [-0.05, 0) is 38.0 Å². The largest absolute Gasteiger partial charge is 0.378 e. The van der Waals surface area contributed by atoms with Crippen LogP contribution in [-0.2, 0) is 17.6 Å². The van der Waals surface area contributed by atoms with Gasteiger partial charge < -0.3 is 25.3 Å². The zero-order valence-electron chi connectivity index (χ0n) is 16.8. The van der Waals surface area contributed by atoms with Crippen molar-refractivity contribution in [2.24, 2.45) is 5.73 Å². The summed E-state index contributed by atoms with van der Waals surface area (Å²) in [5.74, 6) is 1.79. The van der Waals surface area contributed by atoms with Gasteiger partial charge in [0, 0.05) is 36.7 Å². The number of hydrogen-bond donors (Lipinski definition) is 2. The average Bonchev–Trinajstić information content (AvgIpc) is 3.21. The van der Waals surface area contributed by atoms with Crippen molar-refractivity contribution in [1.29, 1.82) is 0 Å². The normalized spacial score (nSPS) is 15.4.